The first-order chi connectivity index (χ1) is 13.9. The Labute approximate surface area is 166 Å². The summed E-state index contributed by atoms with van der Waals surface area (Å²) < 4.78 is 5.73. The Morgan fingerprint density at radius 3 is 2.17 bits per heavy atom. The second-order valence-electron chi connectivity index (χ2n) is 7.09. The van der Waals surface area contributed by atoms with Crippen LogP contribution in [0.25, 0.3) is 0 Å². The van der Waals surface area contributed by atoms with E-state index in [4.69, 9.17) is 10.5 Å². The number of hydrogen-bond donors (Lipinski definition) is 1. The predicted octanol–water partition coefficient (Wildman–Crippen LogP) is 3.65. The van der Waals surface area contributed by atoms with E-state index >= 15 is 0 Å². The molecule has 1 aliphatic rings. The van der Waals surface area contributed by atoms with Gasteiger partial charge >= 0.3 is 5.97 Å². The van der Waals surface area contributed by atoms with Crippen molar-refractivity contribution in [1.29, 1.82) is 0 Å². The maximum absolute atomic E-state index is 12.8. The predicted molar refractivity (Wildman–Crippen MR) is 104 cm³/mol. The Balaban J connectivity index is 1.94. The molecule has 0 spiro atoms. The number of rotatable bonds is 6. The number of para-hydroxylation sites is 1. The van der Waals surface area contributed by atoms with Gasteiger partial charge in [-0.15, -0.1) is 0 Å². The van der Waals surface area contributed by atoms with Gasteiger partial charge in [-0.05, 0) is 49.4 Å². The van der Waals surface area contributed by atoms with E-state index in [1.54, 1.807) is 6.07 Å². The van der Waals surface area contributed by atoms with Crippen LogP contribution >= 0.6 is 0 Å². The molecule has 3 rings (SSSR count). The summed E-state index contributed by atoms with van der Waals surface area (Å²) in [5.41, 5.74) is 6.22. The van der Waals surface area contributed by atoms with Gasteiger partial charge in [0.05, 0.1) is 21.3 Å². The van der Waals surface area contributed by atoms with E-state index in [0.717, 1.165) is 0 Å². The van der Waals surface area contributed by atoms with Crippen molar-refractivity contribution in [1.82, 2.24) is 0 Å². The molecule has 29 heavy (non-hydrogen) atoms. The summed E-state index contributed by atoms with van der Waals surface area (Å²) >= 11 is 0. The zero-order chi connectivity index (χ0) is 21.0. The van der Waals surface area contributed by atoms with Crippen LogP contribution in [0.15, 0.2) is 48.5 Å². The minimum Gasteiger partial charge on any atom is -0.452 e. The van der Waals surface area contributed by atoms with Crippen molar-refractivity contribution in [3.8, 4) is 0 Å². The van der Waals surface area contributed by atoms with Crippen molar-refractivity contribution in [2.24, 2.45) is 11.7 Å². The fraction of sp³-hybridized carbons (Fsp3) is 0.350. The Kier molecular flexibility index (Phi) is 6.18. The molecule has 0 radical (unpaired) electrons. The number of nitrogens with zero attached hydrogens (tertiary/aromatic N) is 2. The number of nitro groups is 2. The minimum absolute atomic E-state index is 0.0692. The fourth-order valence-electron chi connectivity index (χ4n) is 3.52. The molecular weight excluding hydrogens is 378 g/mol. The smallest absolute Gasteiger partial charge is 0.309 e. The van der Waals surface area contributed by atoms with E-state index in [1.165, 1.54) is 42.5 Å². The molecule has 1 saturated carbocycles. The number of non-ortho nitro benzene ring substituents is 1. The molecule has 0 aromatic heterocycles. The third-order valence-corrected chi connectivity index (χ3v) is 5.16. The highest BCUT2D eigenvalue weighted by atomic mass is 16.6. The Bertz CT molecular complexity index is 907. The van der Waals surface area contributed by atoms with Gasteiger partial charge in [0.15, 0.2) is 6.10 Å². The third-order valence-electron chi connectivity index (χ3n) is 5.16. The molecule has 2 N–H and O–H groups in total. The van der Waals surface area contributed by atoms with Crippen LogP contribution in [0.2, 0.25) is 0 Å². The molecule has 9 nitrogen and oxygen atoms in total. The maximum Gasteiger partial charge on any atom is 0.309 e. The quantitative estimate of drug-likeness (QED) is 0.444. The SMILES string of the molecule is NC1CCC(C(=O)OC(c2ccc([N+](=O)[O-])cc2)c2ccccc2[N+](=O)[O-])CC1. The lowest BCUT2D eigenvalue weighted by Crippen LogP contribution is -2.31. The van der Waals surface area contributed by atoms with Crippen LogP contribution in [0, 0.1) is 26.1 Å². The highest BCUT2D eigenvalue weighted by Gasteiger charge is 2.31. The number of benzene rings is 2. The van der Waals surface area contributed by atoms with Crippen molar-refractivity contribution >= 4 is 17.3 Å². The van der Waals surface area contributed by atoms with Gasteiger partial charge in [-0.1, -0.05) is 12.1 Å². The van der Waals surface area contributed by atoms with E-state index < -0.39 is 21.9 Å². The van der Waals surface area contributed by atoms with E-state index in [-0.39, 0.29) is 28.9 Å². The molecule has 2 aromatic carbocycles. The lowest BCUT2D eigenvalue weighted by Gasteiger charge is -2.27. The molecule has 0 heterocycles. The van der Waals surface area contributed by atoms with E-state index in [1.807, 2.05) is 0 Å². The van der Waals surface area contributed by atoms with Crippen LogP contribution in [-0.4, -0.2) is 21.9 Å². The summed E-state index contributed by atoms with van der Waals surface area (Å²) in [6.07, 6.45) is 1.59. The summed E-state index contributed by atoms with van der Waals surface area (Å²) in [7, 11) is 0. The number of esters is 1. The standard InChI is InChI=1S/C20H21N3O6/c21-15-9-5-14(6-10-15)20(24)29-19(13-7-11-16(12-8-13)22(25)26)17-3-1-2-4-18(17)23(27)28/h1-4,7-8,11-12,14-15,19H,5-6,9-10,21H2. The van der Waals surface area contributed by atoms with E-state index in [9.17, 15) is 25.0 Å². The first-order valence-corrected chi connectivity index (χ1v) is 9.30. The Morgan fingerprint density at radius 1 is 0.966 bits per heavy atom. The molecule has 1 unspecified atom stereocenters. The van der Waals surface area contributed by atoms with E-state index in [2.05, 4.69) is 0 Å². The molecule has 0 amide bonds. The number of carbonyl (C=O) groups is 1. The van der Waals surface area contributed by atoms with Crippen LogP contribution < -0.4 is 5.73 Å². The van der Waals surface area contributed by atoms with Crippen molar-refractivity contribution in [2.45, 2.75) is 37.8 Å². The van der Waals surface area contributed by atoms with Crippen LogP contribution in [0.5, 0.6) is 0 Å². The molecule has 0 aliphatic heterocycles. The maximum atomic E-state index is 12.8. The van der Waals surface area contributed by atoms with Gasteiger partial charge in [0.25, 0.3) is 11.4 Å². The summed E-state index contributed by atoms with van der Waals surface area (Å²) in [5, 5.41) is 22.4. The largest absolute Gasteiger partial charge is 0.452 e. The summed E-state index contributed by atoms with van der Waals surface area (Å²) in [6, 6.07) is 11.5. The van der Waals surface area contributed by atoms with Gasteiger partial charge in [0, 0.05) is 24.2 Å². The van der Waals surface area contributed by atoms with Crippen molar-refractivity contribution in [2.75, 3.05) is 0 Å². The molecule has 1 atom stereocenters. The molecule has 0 bridgehead atoms. The molecule has 2 aromatic rings. The van der Waals surface area contributed by atoms with Crippen LogP contribution in [-0.2, 0) is 9.53 Å². The highest BCUT2D eigenvalue weighted by molar-refractivity contribution is 5.73. The molecule has 152 valence electrons. The lowest BCUT2D eigenvalue weighted by molar-refractivity contribution is -0.386. The molecule has 9 heteroatoms. The number of carbonyl (C=O) groups excluding carboxylic acids is 1. The average Bonchev–Trinajstić information content (AvgIpc) is 2.72. The van der Waals surface area contributed by atoms with Gasteiger partial charge < -0.3 is 10.5 Å². The topological polar surface area (TPSA) is 139 Å². The number of nitro benzene ring substituents is 2. The second kappa shape index (κ2) is 8.78. The highest BCUT2D eigenvalue weighted by Crippen LogP contribution is 2.35. The van der Waals surface area contributed by atoms with Crippen LogP contribution in [0.4, 0.5) is 11.4 Å². The van der Waals surface area contributed by atoms with Gasteiger partial charge in [0.2, 0.25) is 0 Å². The summed E-state index contributed by atoms with van der Waals surface area (Å²) in [5.74, 6) is -0.767. The van der Waals surface area contributed by atoms with Crippen molar-refractivity contribution in [3.63, 3.8) is 0 Å². The second-order valence-corrected chi connectivity index (χ2v) is 7.09. The monoisotopic (exact) mass is 399 g/mol. The first kappa shape index (κ1) is 20.4. The third kappa shape index (κ3) is 4.75. The molecule has 0 saturated heterocycles. The van der Waals surface area contributed by atoms with Crippen molar-refractivity contribution < 1.29 is 19.4 Å². The Morgan fingerprint density at radius 2 is 1.59 bits per heavy atom. The first-order valence-electron chi connectivity index (χ1n) is 9.30. The number of nitrogens with two attached hydrogens (primary N) is 1. The average molecular weight is 399 g/mol. The minimum atomic E-state index is -1.04. The number of hydrogen-bond acceptors (Lipinski definition) is 7. The fourth-order valence-corrected chi connectivity index (χ4v) is 3.52. The van der Waals surface area contributed by atoms with Crippen molar-refractivity contribution in [3.05, 3.63) is 79.9 Å². The summed E-state index contributed by atoms with van der Waals surface area (Å²) in [4.78, 5) is 34.1. The molecule has 1 aliphatic carbocycles. The van der Waals surface area contributed by atoms with Gasteiger partial charge in [-0.25, -0.2) is 0 Å². The zero-order valence-corrected chi connectivity index (χ0v) is 15.6. The normalized spacial score (nSPS) is 19.9. The molecular formula is C20H21N3O6. The summed E-state index contributed by atoms with van der Waals surface area (Å²) in [6.45, 7) is 0. The zero-order valence-electron chi connectivity index (χ0n) is 15.6. The lowest BCUT2D eigenvalue weighted by atomic mass is 9.86. The van der Waals surface area contributed by atoms with Gasteiger partial charge in [0.1, 0.15) is 0 Å². The van der Waals surface area contributed by atoms with E-state index in [0.29, 0.717) is 31.2 Å². The van der Waals surface area contributed by atoms with Crippen LogP contribution in [0.1, 0.15) is 42.9 Å². The van der Waals surface area contributed by atoms with Gasteiger partial charge in [-0.2, -0.15) is 0 Å². The molecule has 1 fully saturated rings. The van der Waals surface area contributed by atoms with Crippen LogP contribution in [0.3, 0.4) is 0 Å². The Hall–Kier alpha value is -3.33. The van der Waals surface area contributed by atoms with Gasteiger partial charge in [-0.3, -0.25) is 25.0 Å². The number of ether oxygens (including phenoxy) is 1.